The smallest absolute Gasteiger partial charge is 0.320 e. The first-order chi connectivity index (χ1) is 8.19. The molecule has 0 saturated carbocycles. The average molecular weight is 232 g/mol. The van der Waals surface area contributed by atoms with E-state index in [1.165, 1.54) is 7.11 Å². The molecule has 1 unspecified atom stereocenters. The van der Waals surface area contributed by atoms with Crippen molar-refractivity contribution < 1.29 is 14.3 Å². The van der Waals surface area contributed by atoms with Gasteiger partial charge in [-0.1, -0.05) is 30.3 Å². The summed E-state index contributed by atoms with van der Waals surface area (Å²) in [5, 5.41) is 0. The molecule has 0 aliphatic carbocycles. The number of hydrogen-bond donors (Lipinski definition) is 0. The highest BCUT2D eigenvalue weighted by Gasteiger charge is 2.44. The van der Waals surface area contributed by atoms with Gasteiger partial charge in [-0.15, -0.1) is 0 Å². The third kappa shape index (κ3) is 2.05. The van der Waals surface area contributed by atoms with Crippen LogP contribution < -0.4 is 0 Å². The third-order valence-corrected chi connectivity index (χ3v) is 3.10. The van der Waals surface area contributed by atoms with Crippen LogP contribution in [0.3, 0.4) is 0 Å². The van der Waals surface area contributed by atoms with Crippen molar-refractivity contribution in [1.82, 2.24) is 0 Å². The van der Waals surface area contributed by atoms with Crippen LogP contribution in [0, 0.1) is 0 Å². The largest absolute Gasteiger partial charge is 0.500 e. The van der Waals surface area contributed by atoms with Gasteiger partial charge < -0.3 is 9.47 Å². The molecular formula is C14H16O3. The lowest BCUT2D eigenvalue weighted by molar-refractivity contribution is -0.150. The van der Waals surface area contributed by atoms with Crippen molar-refractivity contribution in [2.75, 3.05) is 13.7 Å². The Hall–Kier alpha value is -1.77. The van der Waals surface area contributed by atoms with Gasteiger partial charge in [0.25, 0.3) is 0 Å². The van der Waals surface area contributed by atoms with Crippen LogP contribution in [0.4, 0.5) is 0 Å². The van der Waals surface area contributed by atoms with Crippen molar-refractivity contribution in [3.63, 3.8) is 0 Å². The van der Waals surface area contributed by atoms with Crippen molar-refractivity contribution in [3.8, 4) is 0 Å². The summed E-state index contributed by atoms with van der Waals surface area (Å²) in [5.41, 5.74) is 1.29. The van der Waals surface area contributed by atoms with E-state index in [2.05, 4.69) is 0 Å². The number of carbonyl (C=O) groups excluding carboxylic acids is 1. The maximum Gasteiger partial charge on any atom is 0.320 e. The Morgan fingerprint density at radius 1 is 1.35 bits per heavy atom. The summed E-state index contributed by atoms with van der Waals surface area (Å²) in [7, 11) is 1.42. The SMILES string of the molecule is COC(=O)C1(c2ccccc2)COC=C(C)C1. The fraction of sp³-hybridized carbons (Fsp3) is 0.357. The first-order valence-electron chi connectivity index (χ1n) is 5.60. The van der Waals surface area contributed by atoms with E-state index < -0.39 is 5.41 Å². The summed E-state index contributed by atoms with van der Waals surface area (Å²) in [6.45, 7) is 2.29. The Bertz CT molecular complexity index is 436. The maximum atomic E-state index is 12.1. The van der Waals surface area contributed by atoms with Gasteiger partial charge in [0, 0.05) is 0 Å². The minimum absolute atomic E-state index is 0.240. The van der Waals surface area contributed by atoms with E-state index in [0.717, 1.165) is 11.1 Å². The second-order valence-electron chi connectivity index (χ2n) is 4.39. The Balaban J connectivity index is 2.45. The number of esters is 1. The van der Waals surface area contributed by atoms with Crippen molar-refractivity contribution in [3.05, 3.63) is 47.7 Å². The van der Waals surface area contributed by atoms with E-state index in [9.17, 15) is 4.79 Å². The number of benzene rings is 1. The lowest BCUT2D eigenvalue weighted by Crippen LogP contribution is -2.43. The van der Waals surface area contributed by atoms with E-state index in [1.54, 1.807) is 6.26 Å². The zero-order valence-electron chi connectivity index (χ0n) is 10.1. The molecule has 0 amide bonds. The number of rotatable bonds is 2. The molecule has 0 spiro atoms. The zero-order chi connectivity index (χ0) is 12.3. The first kappa shape index (κ1) is 11.7. The monoisotopic (exact) mass is 232 g/mol. The molecule has 1 aliphatic rings. The standard InChI is InChI=1S/C14H16O3/c1-11-8-14(10-17-9-11,13(15)16-2)12-6-4-3-5-7-12/h3-7,9H,8,10H2,1-2H3. The Morgan fingerprint density at radius 3 is 2.65 bits per heavy atom. The molecule has 0 aromatic heterocycles. The molecule has 3 nitrogen and oxygen atoms in total. The minimum Gasteiger partial charge on any atom is -0.500 e. The van der Waals surface area contributed by atoms with Crippen LogP contribution in [-0.2, 0) is 19.7 Å². The van der Waals surface area contributed by atoms with Crippen LogP contribution >= 0.6 is 0 Å². The molecule has 2 rings (SSSR count). The summed E-state index contributed by atoms with van der Waals surface area (Å²) in [5.74, 6) is -0.240. The zero-order valence-corrected chi connectivity index (χ0v) is 10.1. The van der Waals surface area contributed by atoms with Crippen LogP contribution in [0.5, 0.6) is 0 Å². The molecule has 3 heteroatoms. The van der Waals surface area contributed by atoms with Crippen LogP contribution in [0.1, 0.15) is 18.9 Å². The van der Waals surface area contributed by atoms with E-state index in [-0.39, 0.29) is 5.97 Å². The van der Waals surface area contributed by atoms with Gasteiger partial charge in [0.05, 0.1) is 13.4 Å². The van der Waals surface area contributed by atoms with Crippen LogP contribution in [-0.4, -0.2) is 19.7 Å². The lowest BCUT2D eigenvalue weighted by atomic mass is 9.75. The number of carbonyl (C=O) groups is 1. The molecule has 1 aromatic carbocycles. The fourth-order valence-electron chi connectivity index (χ4n) is 2.28. The highest BCUT2D eigenvalue weighted by Crippen LogP contribution is 2.35. The first-order valence-corrected chi connectivity index (χ1v) is 5.60. The molecule has 1 aliphatic heterocycles. The van der Waals surface area contributed by atoms with Gasteiger partial charge >= 0.3 is 5.97 Å². The average Bonchev–Trinajstić information content (AvgIpc) is 2.38. The second kappa shape index (κ2) is 4.62. The van der Waals surface area contributed by atoms with Crippen molar-refractivity contribution in [1.29, 1.82) is 0 Å². The molecule has 1 atom stereocenters. The Kier molecular flexibility index (Phi) is 3.18. The van der Waals surface area contributed by atoms with Crippen LogP contribution in [0.25, 0.3) is 0 Å². The summed E-state index contributed by atoms with van der Waals surface area (Å²) in [4.78, 5) is 12.1. The van der Waals surface area contributed by atoms with Crippen LogP contribution in [0.15, 0.2) is 42.2 Å². The molecule has 0 fully saturated rings. The van der Waals surface area contributed by atoms with E-state index >= 15 is 0 Å². The van der Waals surface area contributed by atoms with Gasteiger partial charge in [-0.05, 0) is 24.5 Å². The highest BCUT2D eigenvalue weighted by molar-refractivity contribution is 5.84. The summed E-state index contributed by atoms with van der Waals surface area (Å²) >= 11 is 0. The topological polar surface area (TPSA) is 35.5 Å². The molecule has 0 N–H and O–H groups in total. The van der Waals surface area contributed by atoms with Crippen molar-refractivity contribution in [2.24, 2.45) is 0 Å². The summed E-state index contributed by atoms with van der Waals surface area (Å²) < 4.78 is 10.4. The predicted molar refractivity (Wildman–Crippen MR) is 64.5 cm³/mol. The highest BCUT2D eigenvalue weighted by atomic mass is 16.5. The van der Waals surface area contributed by atoms with Gasteiger partial charge in [-0.2, -0.15) is 0 Å². The lowest BCUT2D eigenvalue weighted by Gasteiger charge is -2.34. The normalized spacial score (nSPS) is 23.5. The quantitative estimate of drug-likeness (QED) is 0.735. The molecule has 1 heterocycles. The minimum atomic E-state index is -0.700. The third-order valence-electron chi connectivity index (χ3n) is 3.10. The van der Waals surface area contributed by atoms with E-state index in [0.29, 0.717) is 13.0 Å². The van der Waals surface area contributed by atoms with Crippen LogP contribution in [0.2, 0.25) is 0 Å². The predicted octanol–water partition coefficient (Wildman–Crippen LogP) is 2.42. The Labute approximate surface area is 101 Å². The van der Waals surface area contributed by atoms with Crippen molar-refractivity contribution >= 4 is 5.97 Å². The number of hydrogen-bond acceptors (Lipinski definition) is 3. The molecule has 0 saturated heterocycles. The summed E-state index contributed by atoms with van der Waals surface area (Å²) in [6.07, 6.45) is 2.35. The fourth-order valence-corrected chi connectivity index (χ4v) is 2.28. The van der Waals surface area contributed by atoms with Gasteiger partial charge in [0.15, 0.2) is 0 Å². The van der Waals surface area contributed by atoms with E-state index in [4.69, 9.17) is 9.47 Å². The number of allylic oxidation sites excluding steroid dienone is 1. The molecule has 0 bridgehead atoms. The molecular weight excluding hydrogens is 216 g/mol. The number of ether oxygens (including phenoxy) is 2. The molecule has 90 valence electrons. The molecule has 0 radical (unpaired) electrons. The van der Waals surface area contributed by atoms with Gasteiger partial charge in [0.1, 0.15) is 12.0 Å². The Morgan fingerprint density at radius 2 is 2.06 bits per heavy atom. The van der Waals surface area contributed by atoms with Crippen molar-refractivity contribution in [2.45, 2.75) is 18.8 Å². The summed E-state index contributed by atoms with van der Waals surface area (Å²) in [6, 6.07) is 9.67. The van der Waals surface area contributed by atoms with Gasteiger partial charge in [-0.3, -0.25) is 4.79 Å². The van der Waals surface area contributed by atoms with E-state index in [1.807, 2.05) is 37.3 Å². The van der Waals surface area contributed by atoms with Gasteiger partial charge in [0.2, 0.25) is 0 Å². The van der Waals surface area contributed by atoms with Gasteiger partial charge in [-0.25, -0.2) is 0 Å². The second-order valence-corrected chi connectivity index (χ2v) is 4.39. The number of methoxy groups -OCH3 is 1. The molecule has 17 heavy (non-hydrogen) atoms. The maximum absolute atomic E-state index is 12.1. The molecule has 1 aromatic rings.